The molecule has 0 aromatic carbocycles. The fourth-order valence-corrected chi connectivity index (χ4v) is 1.48. The first-order valence-corrected chi connectivity index (χ1v) is 4.95. The fourth-order valence-electron chi connectivity index (χ4n) is 1.48. The standard InChI is InChI=1S/C10H20N2.4ClH.Ti/c1-3-4-5-6-7-12-9-8-11(2)10-12;;;;;/h8-9H,3-7,10H2,1-2H3;4*1H;. The topological polar surface area (TPSA) is 6.48 Å². The Balaban J connectivity index is -0.0000000960. The molecule has 0 unspecified atom stereocenters. The molecule has 106 valence electrons. The van der Waals surface area contributed by atoms with Gasteiger partial charge in [-0.25, -0.2) is 0 Å². The minimum Gasteiger partial charge on any atom is -0.362 e. The summed E-state index contributed by atoms with van der Waals surface area (Å²) in [6, 6.07) is 0. The van der Waals surface area contributed by atoms with Gasteiger partial charge in [-0.3, -0.25) is 0 Å². The monoisotopic (exact) mass is 360 g/mol. The van der Waals surface area contributed by atoms with Crippen molar-refractivity contribution in [3.05, 3.63) is 12.4 Å². The minimum atomic E-state index is 0. The summed E-state index contributed by atoms with van der Waals surface area (Å²) in [5.74, 6) is 0. The molecule has 0 aliphatic carbocycles. The SMILES string of the molecule is CCCCCCN1C=CN(C)C1.Cl.Cl.Cl.Cl.[Ti]. The Morgan fingerprint density at radius 2 is 1.53 bits per heavy atom. The van der Waals surface area contributed by atoms with Crippen LogP contribution in [0.25, 0.3) is 0 Å². The molecule has 1 aliphatic heterocycles. The van der Waals surface area contributed by atoms with Crippen LogP contribution in [0.5, 0.6) is 0 Å². The molecule has 0 aromatic rings. The molecule has 1 heterocycles. The van der Waals surface area contributed by atoms with Crippen LogP contribution in [-0.2, 0) is 21.7 Å². The van der Waals surface area contributed by atoms with Gasteiger partial charge in [0.25, 0.3) is 0 Å². The molecular weight excluding hydrogens is 338 g/mol. The summed E-state index contributed by atoms with van der Waals surface area (Å²) in [5.41, 5.74) is 0. The second kappa shape index (κ2) is 19.6. The quantitative estimate of drug-likeness (QED) is 0.540. The van der Waals surface area contributed by atoms with Gasteiger partial charge in [-0.2, -0.15) is 0 Å². The molecule has 1 aliphatic rings. The summed E-state index contributed by atoms with van der Waals surface area (Å²) in [4.78, 5) is 4.58. The van der Waals surface area contributed by atoms with Crippen LogP contribution in [-0.4, -0.2) is 30.1 Å². The van der Waals surface area contributed by atoms with Crippen LogP contribution in [0.4, 0.5) is 0 Å². The zero-order valence-electron chi connectivity index (χ0n) is 10.4. The van der Waals surface area contributed by atoms with E-state index < -0.39 is 0 Å². The maximum atomic E-state index is 2.37. The van der Waals surface area contributed by atoms with Gasteiger partial charge in [0.2, 0.25) is 0 Å². The Morgan fingerprint density at radius 1 is 0.941 bits per heavy atom. The number of halogens is 4. The van der Waals surface area contributed by atoms with Crippen LogP contribution >= 0.6 is 49.6 Å². The molecule has 0 amide bonds. The third kappa shape index (κ3) is 15.2. The van der Waals surface area contributed by atoms with Gasteiger partial charge in [0, 0.05) is 47.7 Å². The van der Waals surface area contributed by atoms with E-state index in [1.54, 1.807) is 0 Å². The predicted octanol–water partition coefficient (Wildman–Crippen LogP) is 3.93. The largest absolute Gasteiger partial charge is 0.362 e. The third-order valence-electron chi connectivity index (χ3n) is 2.24. The Kier molecular flexibility index (Phi) is 35.5. The van der Waals surface area contributed by atoms with Gasteiger partial charge in [0.05, 0.1) is 6.67 Å². The van der Waals surface area contributed by atoms with Crippen molar-refractivity contribution >= 4 is 49.6 Å². The van der Waals surface area contributed by atoms with Crippen molar-refractivity contribution in [3.63, 3.8) is 0 Å². The molecule has 17 heavy (non-hydrogen) atoms. The van der Waals surface area contributed by atoms with Gasteiger partial charge in [0.15, 0.2) is 0 Å². The van der Waals surface area contributed by atoms with E-state index in [2.05, 4.69) is 36.2 Å². The maximum absolute atomic E-state index is 2.37. The van der Waals surface area contributed by atoms with E-state index in [1.807, 2.05) is 0 Å². The van der Waals surface area contributed by atoms with Gasteiger partial charge in [-0.15, -0.1) is 49.6 Å². The first-order chi connectivity index (χ1) is 5.83. The van der Waals surface area contributed by atoms with Crippen molar-refractivity contribution in [2.75, 3.05) is 20.3 Å². The van der Waals surface area contributed by atoms with E-state index >= 15 is 0 Å². The number of nitrogens with zero attached hydrogens (tertiary/aromatic N) is 2. The number of rotatable bonds is 5. The molecule has 0 aromatic heterocycles. The number of unbranched alkanes of at least 4 members (excludes halogenated alkanes) is 3. The normalized spacial score (nSPS) is 11.4. The van der Waals surface area contributed by atoms with E-state index in [1.165, 1.54) is 32.2 Å². The van der Waals surface area contributed by atoms with Gasteiger partial charge in [-0.1, -0.05) is 26.2 Å². The number of hydrogen-bond donors (Lipinski definition) is 0. The van der Waals surface area contributed by atoms with Gasteiger partial charge < -0.3 is 9.80 Å². The summed E-state index contributed by atoms with van der Waals surface area (Å²) in [6.45, 7) is 4.55. The third-order valence-corrected chi connectivity index (χ3v) is 2.24. The van der Waals surface area contributed by atoms with E-state index in [-0.39, 0.29) is 71.3 Å². The molecule has 7 heteroatoms. The van der Waals surface area contributed by atoms with Crippen LogP contribution < -0.4 is 0 Å². The van der Waals surface area contributed by atoms with Gasteiger partial charge in [-0.05, 0) is 6.42 Å². The zero-order chi connectivity index (χ0) is 8.81. The van der Waals surface area contributed by atoms with Crippen LogP contribution in [0.3, 0.4) is 0 Å². The van der Waals surface area contributed by atoms with Crippen LogP contribution in [0.2, 0.25) is 0 Å². The molecule has 0 fully saturated rings. The molecular formula is C10H24Cl4N2Ti. The summed E-state index contributed by atoms with van der Waals surface area (Å²) in [7, 11) is 2.11. The summed E-state index contributed by atoms with van der Waals surface area (Å²) in [6.07, 6.45) is 9.76. The van der Waals surface area contributed by atoms with E-state index in [0.717, 1.165) is 6.67 Å². The average Bonchev–Trinajstić information content (AvgIpc) is 2.45. The van der Waals surface area contributed by atoms with E-state index in [9.17, 15) is 0 Å². The molecule has 0 saturated carbocycles. The zero-order valence-corrected chi connectivity index (χ0v) is 15.3. The molecule has 0 atom stereocenters. The Morgan fingerprint density at radius 3 is 1.94 bits per heavy atom. The first-order valence-electron chi connectivity index (χ1n) is 4.95. The smallest absolute Gasteiger partial charge is 0.0890 e. The molecule has 0 N–H and O–H groups in total. The summed E-state index contributed by atoms with van der Waals surface area (Å²) in [5, 5.41) is 0. The average molecular weight is 362 g/mol. The van der Waals surface area contributed by atoms with Crippen LogP contribution in [0, 0.1) is 0 Å². The molecule has 2 nitrogen and oxygen atoms in total. The molecule has 0 bridgehead atoms. The Hall–Kier alpha value is 1.21. The van der Waals surface area contributed by atoms with E-state index in [4.69, 9.17) is 0 Å². The van der Waals surface area contributed by atoms with Crippen molar-refractivity contribution in [1.82, 2.24) is 9.80 Å². The first kappa shape index (κ1) is 30.9. The molecule has 0 radical (unpaired) electrons. The fraction of sp³-hybridized carbons (Fsp3) is 0.800. The second-order valence-corrected chi connectivity index (χ2v) is 3.57. The molecule has 1 rings (SSSR count). The summed E-state index contributed by atoms with van der Waals surface area (Å²) >= 11 is 0. The Labute approximate surface area is 145 Å². The minimum absolute atomic E-state index is 0. The van der Waals surface area contributed by atoms with Crippen LogP contribution in [0.1, 0.15) is 32.6 Å². The van der Waals surface area contributed by atoms with Crippen molar-refractivity contribution in [2.24, 2.45) is 0 Å². The van der Waals surface area contributed by atoms with E-state index in [0.29, 0.717) is 0 Å². The van der Waals surface area contributed by atoms with Crippen molar-refractivity contribution in [3.8, 4) is 0 Å². The Bertz CT molecular complexity index is 161. The van der Waals surface area contributed by atoms with Gasteiger partial charge >= 0.3 is 0 Å². The maximum Gasteiger partial charge on any atom is 0.0890 e. The van der Waals surface area contributed by atoms with Crippen LogP contribution in [0.15, 0.2) is 12.4 Å². The summed E-state index contributed by atoms with van der Waals surface area (Å²) < 4.78 is 0. The molecule has 0 spiro atoms. The van der Waals surface area contributed by atoms with Gasteiger partial charge in [0.1, 0.15) is 0 Å². The number of hydrogen-bond acceptors (Lipinski definition) is 2. The second-order valence-electron chi connectivity index (χ2n) is 3.57. The van der Waals surface area contributed by atoms with Crippen molar-refractivity contribution < 1.29 is 21.7 Å². The van der Waals surface area contributed by atoms with Crippen molar-refractivity contribution in [2.45, 2.75) is 32.6 Å². The van der Waals surface area contributed by atoms with Crippen molar-refractivity contribution in [1.29, 1.82) is 0 Å². The predicted molar refractivity (Wildman–Crippen MR) is 81.6 cm³/mol. The molecule has 0 saturated heterocycles.